The Bertz CT molecular complexity index is 1310. The van der Waals surface area contributed by atoms with Gasteiger partial charge in [-0.05, 0) is 65.6 Å². The molecule has 35 heavy (non-hydrogen) atoms. The highest BCUT2D eigenvalue weighted by atomic mass is 16.6. The molecule has 0 unspecified atom stereocenters. The summed E-state index contributed by atoms with van der Waals surface area (Å²) in [4.78, 5) is 48.9. The third-order valence-electron chi connectivity index (χ3n) is 5.45. The molecule has 0 spiro atoms. The summed E-state index contributed by atoms with van der Waals surface area (Å²) in [6, 6.07) is 18.9. The number of anilines is 1. The summed E-state index contributed by atoms with van der Waals surface area (Å²) in [5, 5.41) is 13.0. The van der Waals surface area contributed by atoms with Crippen molar-refractivity contribution in [3.63, 3.8) is 0 Å². The molecule has 9 nitrogen and oxygen atoms in total. The van der Waals surface area contributed by atoms with E-state index >= 15 is 0 Å². The quantitative estimate of drug-likeness (QED) is 0.236. The number of benzene rings is 3. The monoisotopic (exact) mass is 471 g/mol. The first-order chi connectivity index (χ1) is 16.9. The SMILES string of the molecule is CCc1ccc(N2C(=O)NC(=O)/C(=C/c3ccc(OCc4ccc([N+](=O)[O-])cc4)cc3)C2=O)cc1. The maximum atomic E-state index is 13.0. The molecule has 1 aliphatic rings. The Morgan fingerprint density at radius 3 is 2.14 bits per heavy atom. The molecular weight excluding hydrogens is 450 g/mol. The van der Waals surface area contributed by atoms with Crippen LogP contribution in [0.25, 0.3) is 6.08 Å². The zero-order chi connectivity index (χ0) is 24.9. The van der Waals surface area contributed by atoms with E-state index in [4.69, 9.17) is 4.74 Å². The summed E-state index contributed by atoms with van der Waals surface area (Å²) in [7, 11) is 0. The van der Waals surface area contributed by atoms with Gasteiger partial charge in [0.25, 0.3) is 17.5 Å². The van der Waals surface area contributed by atoms with Crippen molar-refractivity contribution in [2.45, 2.75) is 20.0 Å². The van der Waals surface area contributed by atoms with Gasteiger partial charge in [0.05, 0.1) is 10.6 Å². The van der Waals surface area contributed by atoms with Crippen LogP contribution in [0, 0.1) is 10.1 Å². The summed E-state index contributed by atoms with van der Waals surface area (Å²) in [5.74, 6) is -0.931. The molecule has 0 bridgehead atoms. The van der Waals surface area contributed by atoms with Crippen molar-refractivity contribution in [3.05, 3.63) is 105 Å². The van der Waals surface area contributed by atoms with Crippen LogP contribution in [0.2, 0.25) is 0 Å². The predicted molar refractivity (Wildman–Crippen MR) is 129 cm³/mol. The lowest BCUT2D eigenvalue weighted by molar-refractivity contribution is -0.384. The molecule has 176 valence electrons. The minimum Gasteiger partial charge on any atom is -0.489 e. The number of aryl methyl sites for hydroxylation is 1. The van der Waals surface area contributed by atoms with E-state index in [1.807, 2.05) is 19.1 Å². The molecule has 4 rings (SSSR count). The Morgan fingerprint density at radius 2 is 1.54 bits per heavy atom. The number of nitrogens with one attached hydrogen (secondary N) is 1. The number of nitro groups is 1. The lowest BCUT2D eigenvalue weighted by Crippen LogP contribution is -2.54. The van der Waals surface area contributed by atoms with Crippen molar-refractivity contribution in [3.8, 4) is 5.75 Å². The van der Waals surface area contributed by atoms with Crippen LogP contribution in [-0.4, -0.2) is 22.8 Å². The topological polar surface area (TPSA) is 119 Å². The minimum atomic E-state index is -0.795. The average molecular weight is 471 g/mol. The standard InChI is InChI=1S/C26H21N3O6/c1-2-17-3-9-20(10-4-17)28-25(31)23(24(30)27-26(28)32)15-18-7-13-22(14-8-18)35-16-19-5-11-21(12-6-19)29(33)34/h3-15H,2,16H2,1H3,(H,27,30,32)/b23-15-. The number of amides is 4. The van der Waals surface area contributed by atoms with Crippen LogP contribution in [0.3, 0.4) is 0 Å². The highest BCUT2D eigenvalue weighted by Gasteiger charge is 2.36. The summed E-state index contributed by atoms with van der Waals surface area (Å²) in [5.41, 5.74) is 2.61. The second-order valence-corrected chi connectivity index (χ2v) is 7.76. The van der Waals surface area contributed by atoms with Crippen molar-refractivity contribution < 1.29 is 24.0 Å². The smallest absolute Gasteiger partial charge is 0.335 e. The van der Waals surface area contributed by atoms with Gasteiger partial charge in [-0.15, -0.1) is 0 Å². The van der Waals surface area contributed by atoms with E-state index in [9.17, 15) is 24.5 Å². The molecule has 3 aromatic rings. The highest BCUT2D eigenvalue weighted by Crippen LogP contribution is 2.23. The van der Waals surface area contributed by atoms with Gasteiger partial charge >= 0.3 is 6.03 Å². The molecule has 1 N–H and O–H groups in total. The van der Waals surface area contributed by atoms with Crippen molar-refractivity contribution in [2.24, 2.45) is 0 Å². The van der Waals surface area contributed by atoms with Crippen molar-refractivity contribution in [1.82, 2.24) is 5.32 Å². The largest absolute Gasteiger partial charge is 0.489 e. The van der Waals surface area contributed by atoms with Crippen molar-refractivity contribution in [2.75, 3.05) is 4.90 Å². The van der Waals surface area contributed by atoms with Crippen LogP contribution in [0.15, 0.2) is 78.4 Å². The molecule has 0 aliphatic carbocycles. The molecule has 4 amide bonds. The number of hydrogen-bond donors (Lipinski definition) is 1. The number of nitrogens with zero attached hydrogens (tertiary/aromatic N) is 2. The zero-order valence-corrected chi connectivity index (χ0v) is 18.8. The molecule has 3 aromatic carbocycles. The Balaban J connectivity index is 1.47. The number of ether oxygens (including phenoxy) is 1. The highest BCUT2D eigenvalue weighted by molar-refractivity contribution is 6.39. The maximum Gasteiger partial charge on any atom is 0.335 e. The van der Waals surface area contributed by atoms with E-state index < -0.39 is 22.8 Å². The van der Waals surface area contributed by atoms with Crippen molar-refractivity contribution >= 4 is 35.3 Å². The average Bonchev–Trinajstić information content (AvgIpc) is 2.86. The summed E-state index contributed by atoms with van der Waals surface area (Å²) in [6.07, 6.45) is 2.23. The number of barbiturate groups is 1. The fraction of sp³-hybridized carbons (Fsp3) is 0.115. The lowest BCUT2D eigenvalue weighted by atomic mass is 10.1. The minimum absolute atomic E-state index is 0.00526. The molecular formula is C26H21N3O6. The van der Waals surface area contributed by atoms with E-state index in [2.05, 4.69) is 5.32 Å². The number of hydrogen-bond acceptors (Lipinski definition) is 6. The lowest BCUT2D eigenvalue weighted by Gasteiger charge is -2.26. The fourth-order valence-electron chi connectivity index (χ4n) is 3.48. The number of rotatable bonds is 7. The van der Waals surface area contributed by atoms with E-state index in [0.717, 1.165) is 22.4 Å². The van der Waals surface area contributed by atoms with Crippen LogP contribution in [-0.2, 0) is 22.6 Å². The van der Waals surface area contributed by atoms with E-state index in [1.54, 1.807) is 48.5 Å². The van der Waals surface area contributed by atoms with Gasteiger partial charge in [0, 0.05) is 12.1 Å². The first kappa shape index (κ1) is 23.4. The second-order valence-electron chi connectivity index (χ2n) is 7.76. The van der Waals surface area contributed by atoms with Gasteiger partial charge in [-0.25, -0.2) is 9.69 Å². The second kappa shape index (κ2) is 10.0. The third kappa shape index (κ3) is 5.25. The molecule has 0 atom stereocenters. The molecule has 1 saturated heterocycles. The Kier molecular flexibility index (Phi) is 6.68. The first-order valence-electron chi connectivity index (χ1n) is 10.8. The summed E-state index contributed by atoms with van der Waals surface area (Å²) < 4.78 is 5.70. The van der Waals surface area contributed by atoms with Crippen LogP contribution in [0.4, 0.5) is 16.2 Å². The number of carbonyl (C=O) groups excluding carboxylic acids is 3. The normalized spacial score (nSPS) is 14.7. The van der Waals surface area contributed by atoms with Gasteiger partial charge in [0.1, 0.15) is 17.9 Å². The summed E-state index contributed by atoms with van der Waals surface area (Å²) in [6.45, 7) is 2.21. The molecule has 1 aliphatic heterocycles. The third-order valence-corrected chi connectivity index (χ3v) is 5.45. The van der Waals surface area contributed by atoms with Crippen LogP contribution >= 0.6 is 0 Å². The summed E-state index contributed by atoms with van der Waals surface area (Å²) >= 11 is 0. The van der Waals surface area contributed by atoms with Gasteiger partial charge < -0.3 is 4.74 Å². The number of carbonyl (C=O) groups is 3. The Hall–Kier alpha value is -4.79. The number of imide groups is 2. The molecule has 9 heteroatoms. The van der Waals surface area contributed by atoms with Gasteiger partial charge in [0.15, 0.2) is 0 Å². The molecule has 0 saturated carbocycles. The van der Waals surface area contributed by atoms with Gasteiger partial charge in [-0.2, -0.15) is 0 Å². The molecule has 1 heterocycles. The van der Waals surface area contributed by atoms with Crippen LogP contribution in [0.1, 0.15) is 23.6 Å². The van der Waals surface area contributed by atoms with Crippen LogP contribution < -0.4 is 15.0 Å². The maximum absolute atomic E-state index is 13.0. The number of nitro benzene ring substituents is 1. The number of non-ortho nitro benzene ring substituents is 1. The number of urea groups is 1. The first-order valence-corrected chi connectivity index (χ1v) is 10.8. The van der Waals surface area contributed by atoms with Crippen molar-refractivity contribution in [1.29, 1.82) is 0 Å². The molecule has 0 radical (unpaired) electrons. The van der Waals surface area contributed by atoms with Gasteiger partial charge in [0.2, 0.25) is 0 Å². The van der Waals surface area contributed by atoms with Crippen LogP contribution in [0.5, 0.6) is 5.75 Å². The molecule has 0 aromatic heterocycles. The predicted octanol–water partition coefficient (Wildman–Crippen LogP) is 4.40. The fourth-order valence-corrected chi connectivity index (χ4v) is 3.48. The Morgan fingerprint density at radius 1 is 0.914 bits per heavy atom. The van der Waals surface area contributed by atoms with Gasteiger partial charge in [-0.3, -0.25) is 25.0 Å². The Labute approximate surface area is 200 Å². The van der Waals surface area contributed by atoms with E-state index in [-0.39, 0.29) is 17.9 Å². The van der Waals surface area contributed by atoms with E-state index in [0.29, 0.717) is 17.0 Å². The zero-order valence-electron chi connectivity index (χ0n) is 18.8. The van der Waals surface area contributed by atoms with E-state index in [1.165, 1.54) is 18.2 Å². The molecule has 1 fully saturated rings. The van der Waals surface area contributed by atoms with Gasteiger partial charge in [-0.1, -0.05) is 31.2 Å².